The van der Waals surface area contributed by atoms with Crippen LogP contribution in [0.5, 0.6) is 0 Å². The lowest BCUT2D eigenvalue weighted by atomic mass is 10.0. The Labute approximate surface area is 155 Å². The topological polar surface area (TPSA) is 60.2 Å². The molecule has 0 N–H and O–H groups in total. The Kier molecular flexibility index (Phi) is 5.05. The van der Waals surface area contributed by atoms with Crippen molar-refractivity contribution in [3.05, 3.63) is 24.2 Å². The molecule has 0 bridgehead atoms. The molecule has 0 saturated carbocycles. The molecule has 0 aliphatic carbocycles. The van der Waals surface area contributed by atoms with Gasteiger partial charge in [0.2, 0.25) is 5.82 Å². The van der Waals surface area contributed by atoms with E-state index in [4.69, 9.17) is 4.74 Å². The van der Waals surface area contributed by atoms with Crippen molar-refractivity contribution in [2.75, 3.05) is 6.54 Å². The van der Waals surface area contributed by atoms with Crippen molar-refractivity contribution in [1.82, 2.24) is 19.4 Å². The van der Waals surface area contributed by atoms with Gasteiger partial charge in [0, 0.05) is 19.3 Å². The van der Waals surface area contributed by atoms with Gasteiger partial charge in [-0.2, -0.15) is 13.2 Å². The number of nitrogens with zero attached hydrogens (tertiary/aromatic N) is 4. The number of alkyl halides is 3. The maximum atomic E-state index is 13.5. The second kappa shape index (κ2) is 7.01. The van der Waals surface area contributed by atoms with E-state index in [2.05, 4.69) is 9.97 Å². The van der Waals surface area contributed by atoms with Crippen LogP contribution in [0.15, 0.2) is 18.3 Å². The third-order valence-corrected chi connectivity index (χ3v) is 4.41. The summed E-state index contributed by atoms with van der Waals surface area (Å²) in [5.41, 5.74) is -0.316. The molecule has 1 amide bonds. The molecule has 0 unspecified atom stereocenters. The standard InChI is InChI=1S/C18H23F3N4O2/c1-17(2,3)27-16(26)24-10-5-4-7-12(24)11-25-14-13(8-6-9-22-14)23-15(25)18(19,20)21/h6,8-9,12H,4-5,7,10-11H2,1-3H3/t12-/m1/s1. The van der Waals surface area contributed by atoms with Crippen LogP contribution >= 0.6 is 0 Å². The first-order chi connectivity index (χ1) is 12.6. The van der Waals surface area contributed by atoms with Crippen LogP contribution in [0, 0.1) is 0 Å². The number of aromatic nitrogens is 3. The molecule has 0 spiro atoms. The Balaban J connectivity index is 1.94. The first kappa shape index (κ1) is 19.4. The van der Waals surface area contributed by atoms with E-state index in [1.54, 1.807) is 26.8 Å². The number of carbonyl (C=O) groups is 1. The molecule has 0 radical (unpaired) electrons. The summed E-state index contributed by atoms with van der Waals surface area (Å²) in [7, 11) is 0. The molecule has 1 saturated heterocycles. The van der Waals surface area contributed by atoms with Crippen LogP contribution in [0.1, 0.15) is 45.9 Å². The Morgan fingerprint density at radius 1 is 1.30 bits per heavy atom. The molecule has 27 heavy (non-hydrogen) atoms. The second-order valence-corrected chi connectivity index (χ2v) is 7.71. The van der Waals surface area contributed by atoms with Gasteiger partial charge in [-0.3, -0.25) is 0 Å². The third-order valence-electron chi connectivity index (χ3n) is 4.41. The van der Waals surface area contributed by atoms with Gasteiger partial charge in [0.05, 0.1) is 6.04 Å². The molecule has 2 aromatic heterocycles. The lowest BCUT2D eigenvalue weighted by molar-refractivity contribution is -0.147. The number of amides is 1. The highest BCUT2D eigenvalue weighted by atomic mass is 19.4. The zero-order valence-electron chi connectivity index (χ0n) is 15.6. The van der Waals surface area contributed by atoms with Gasteiger partial charge in [0.25, 0.3) is 0 Å². The van der Waals surface area contributed by atoms with Gasteiger partial charge in [-0.25, -0.2) is 14.8 Å². The number of imidazole rings is 1. The zero-order valence-corrected chi connectivity index (χ0v) is 15.6. The second-order valence-electron chi connectivity index (χ2n) is 7.71. The highest BCUT2D eigenvalue weighted by Crippen LogP contribution is 2.32. The van der Waals surface area contributed by atoms with E-state index in [9.17, 15) is 18.0 Å². The first-order valence-corrected chi connectivity index (χ1v) is 8.94. The van der Waals surface area contributed by atoms with E-state index < -0.39 is 29.7 Å². The average molecular weight is 384 g/mol. The fourth-order valence-corrected chi connectivity index (χ4v) is 3.31. The van der Waals surface area contributed by atoms with Crippen LogP contribution < -0.4 is 0 Å². The number of fused-ring (bicyclic) bond motifs is 1. The fourth-order valence-electron chi connectivity index (χ4n) is 3.31. The summed E-state index contributed by atoms with van der Waals surface area (Å²) < 4.78 is 47.0. The summed E-state index contributed by atoms with van der Waals surface area (Å²) >= 11 is 0. The number of hydrogen-bond donors (Lipinski definition) is 0. The maximum absolute atomic E-state index is 13.5. The molecule has 0 aromatic carbocycles. The van der Waals surface area contributed by atoms with Crippen molar-refractivity contribution in [3.8, 4) is 0 Å². The molecule has 148 valence electrons. The summed E-state index contributed by atoms with van der Waals surface area (Å²) in [5, 5.41) is 0. The molecule has 3 heterocycles. The molecule has 6 nitrogen and oxygen atoms in total. The minimum atomic E-state index is -4.61. The van der Waals surface area contributed by atoms with Crippen molar-refractivity contribution < 1.29 is 22.7 Å². The summed E-state index contributed by atoms with van der Waals surface area (Å²) in [5.74, 6) is -0.995. The van der Waals surface area contributed by atoms with Crippen molar-refractivity contribution >= 4 is 17.3 Å². The molecule has 2 aromatic rings. The minimum Gasteiger partial charge on any atom is -0.444 e. The largest absolute Gasteiger partial charge is 0.449 e. The molecule has 1 atom stereocenters. The van der Waals surface area contributed by atoms with Crippen LogP contribution in [0.25, 0.3) is 11.2 Å². The normalized spacial score (nSPS) is 18.7. The van der Waals surface area contributed by atoms with Crippen molar-refractivity contribution in [2.45, 2.75) is 64.4 Å². The number of rotatable bonds is 2. The number of piperidine rings is 1. The van der Waals surface area contributed by atoms with Crippen LogP contribution in [-0.2, 0) is 17.5 Å². The lowest BCUT2D eigenvalue weighted by Gasteiger charge is -2.37. The van der Waals surface area contributed by atoms with E-state index in [0.29, 0.717) is 13.0 Å². The Hall–Kier alpha value is -2.32. The SMILES string of the molecule is CC(C)(C)OC(=O)N1CCCC[C@@H]1Cn1c(C(F)(F)F)nc2cccnc21. The first-order valence-electron chi connectivity index (χ1n) is 8.94. The molecule has 9 heteroatoms. The molecule has 1 aliphatic heterocycles. The fraction of sp³-hybridized carbons (Fsp3) is 0.611. The zero-order chi connectivity index (χ0) is 19.8. The number of halogens is 3. The van der Waals surface area contributed by atoms with E-state index >= 15 is 0 Å². The van der Waals surface area contributed by atoms with Crippen molar-refractivity contribution in [2.24, 2.45) is 0 Å². The summed E-state index contributed by atoms with van der Waals surface area (Å²) in [4.78, 5) is 21.9. The van der Waals surface area contributed by atoms with Gasteiger partial charge in [-0.15, -0.1) is 0 Å². The van der Waals surface area contributed by atoms with Crippen LogP contribution in [0.4, 0.5) is 18.0 Å². The lowest BCUT2D eigenvalue weighted by Crippen LogP contribution is -2.48. The molecular formula is C18H23F3N4O2. The Morgan fingerprint density at radius 3 is 2.70 bits per heavy atom. The smallest absolute Gasteiger partial charge is 0.444 e. The van der Waals surface area contributed by atoms with Gasteiger partial charge < -0.3 is 14.2 Å². The number of pyridine rings is 1. The molecular weight excluding hydrogens is 361 g/mol. The van der Waals surface area contributed by atoms with E-state index in [0.717, 1.165) is 17.4 Å². The van der Waals surface area contributed by atoms with Crippen molar-refractivity contribution in [3.63, 3.8) is 0 Å². The minimum absolute atomic E-state index is 0.0262. The average Bonchev–Trinajstić information content (AvgIpc) is 2.93. The summed E-state index contributed by atoms with van der Waals surface area (Å²) in [6.45, 7) is 5.72. The highest BCUT2D eigenvalue weighted by molar-refractivity contribution is 5.71. The number of likely N-dealkylation sites (tertiary alicyclic amines) is 1. The predicted molar refractivity (Wildman–Crippen MR) is 93.1 cm³/mol. The Bertz CT molecular complexity index is 826. The number of ether oxygens (including phenoxy) is 1. The van der Waals surface area contributed by atoms with Gasteiger partial charge in [-0.1, -0.05) is 0 Å². The van der Waals surface area contributed by atoms with Gasteiger partial charge in [0.1, 0.15) is 11.1 Å². The van der Waals surface area contributed by atoms with Gasteiger partial charge in [-0.05, 0) is 52.2 Å². The monoisotopic (exact) mass is 384 g/mol. The van der Waals surface area contributed by atoms with Crippen LogP contribution in [0.3, 0.4) is 0 Å². The van der Waals surface area contributed by atoms with E-state index in [1.807, 2.05) is 0 Å². The molecule has 1 fully saturated rings. The molecule has 3 rings (SSSR count). The van der Waals surface area contributed by atoms with Crippen LogP contribution in [0.2, 0.25) is 0 Å². The van der Waals surface area contributed by atoms with Crippen LogP contribution in [-0.4, -0.2) is 43.7 Å². The van der Waals surface area contributed by atoms with E-state index in [1.165, 1.54) is 17.2 Å². The summed E-state index contributed by atoms with van der Waals surface area (Å²) in [6.07, 6.45) is -1.43. The van der Waals surface area contributed by atoms with Gasteiger partial charge in [0.15, 0.2) is 5.65 Å². The quantitative estimate of drug-likeness (QED) is 0.777. The Morgan fingerprint density at radius 2 is 2.04 bits per heavy atom. The predicted octanol–water partition coefficient (Wildman–Crippen LogP) is 4.24. The third kappa shape index (κ3) is 4.33. The summed E-state index contributed by atoms with van der Waals surface area (Å²) in [6, 6.07) is 2.64. The molecule has 1 aliphatic rings. The highest BCUT2D eigenvalue weighted by Gasteiger charge is 2.39. The number of hydrogen-bond acceptors (Lipinski definition) is 4. The maximum Gasteiger partial charge on any atom is 0.449 e. The number of carbonyl (C=O) groups excluding carboxylic acids is 1. The van der Waals surface area contributed by atoms with Gasteiger partial charge >= 0.3 is 12.3 Å². The van der Waals surface area contributed by atoms with E-state index in [-0.39, 0.29) is 17.7 Å². The van der Waals surface area contributed by atoms with Crippen molar-refractivity contribution in [1.29, 1.82) is 0 Å².